The van der Waals surface area contributed by atoms with Crippen molar-refractivity contribution in [2.24, 2.45) is 0 Å². The van der Waals surface area contributed by atoms with Gasteiger partial charge >= 0.3 is 0 Å². The van der Waals surface area contributed by atoms with Crippen LogP contribution in [0.1, 0.15) is 22.3 Å². The molecule has 0 saturated carbocycles. The molecule has 0 fully saturated rings. The normalized spacial score (nSPS) is 14.5. The van der Waals surface area contributed by atoms with Crippen molar-refractivity contribution in [3.63, 3.8) is 0 Å². The second-order valence-corrected chi connectivity index (χ2v) is 9.97. The number of halogens is 1. The van der Waals surface area contributed by atoms with Gasteiger partial charge < -0.3 is 10.2 Å². The van der Waals surface area contributed by atoms with Gasteiger partial charge in [-0.05, 0) is 52.2 Å². The van der Waals surface area contributed by atoms with Crippen LogP contribution in [0.4, 0.5) is 0 Å². The Hall–Kier alpha value is -2.42. The van der Waals surface area contributed by atoms with Gasteiger partial charge in [0, 0.05) is 22.6 Å². The third-order valence-corrected chi connectivity index (χ3v) is 6.84. The summed E-state index contributed by atoms with van der Waals surface area (Å²) < 4.78 is 13.4. The van der Waals surface area contributed by atoms with E-state index in [0.717, 1.165) is 4.70 Å². The van der Waals surface area contributed by atoms with E-state index in [4.69, 9.17) is 16.9 Å². The van der Waals surface area contributed by atoms with E-state index in [9.17, 15) is 14.3 Å². The third kappa shape index (κ3) is 4.35. The van der Waals surface area contributed by atoms with Crippen molar-refractivity contribution in [2.75, 3.05) is 6.66 Å². The number of hydrogen-bond acceptors (Lipinski definition) is 4. The van der Waals surface area contributed by atoms with Crippen molar-refractivity contribution in [3.05, 3.63) is 75.8 Å². The molecular weight excluding hydrogens is 415 g/mol. The Morgan fingerprint density at radius 1 is 1.36 bits per heavy atom. The molecule has 1 amide bonds. The van der Waals surface area contributed by atoms with Crippen LogP contribution in [0.3, 0.4) is 0 Å². The van der Waals surface area contributed by atoms with Crippen LogP contribution in [0.15, 0.2) is 54.0 Å². The van der Waals surface area contributed by atoms with Crippen molar-refractivity contribution in [2.45, 2.75) is 5.66 Å². The Kier molecular flexibility index (Phi) is 6.02. The minimum Gasteiger partial charge on any atom is -0.344 e. The quantitative estimate of drug-likeness (QED) is 0.547. The molecule has 3 rings (SSSR count). The lowest BCUT2D eigenvalue weighted by molar-refractivity contribution is -0.120. The predicted molar refractivity (Wildman–Crippen MR) is 114 cm³/mol. The van der Waals surface area contributed by atoms with Gasteiger partial charge in [-0.15, -0.1) is 11.3 Å². The van der Waals surface area contributed by atoms with Crippen LogP contribution >= 0.6 is 30.3 Å². The summed E-state index contributed by atoms with van der Waals surface area (Å²) in [6.45, 7) is 1.17. The molecule has 5 nitrogen and oxygen atoms in total. The number of amides is 1. The zero-order chi connectivity index (χ0) is 20.3. The second-order valence-electron chi connectivity index (χ2n) is 6.22. The highest BCUT2D eigenvalue weighted by atomic mass is 35.5. The van der Waals surface area contributed by atoms with Gasteiger partial charge in [0.05, 0.1) is 11.6 Å². The third-order valence-electron chi connectivity index (χ3n) is 4.16. The second kappa shape index (κ2) is 8.30. The Balaban J connectivity index is 1.91. The molecule has 3 aromatic rings. The number of hydrogen-bond donors (Lipinski definition) is 2. The van der Waals surface area contributed by atoms with Crippen LogP contribution in [0.25, 0.3) is 16.2 Å². The fourth-order valence-electron chi connectivity index (χ4n) is 2.89. The van der Waals surface area contributed by atoms with Crippen LogP contribution in [-0.2, 0) is 9.36 Å². The molecule has 1 heterocycles. The van der Waals surface area contributed by atoms with E-state index in [0.29, 0.717) is 27.1 Å². The van der Waals surface area contributed by atoms with E-state index in [1.165, 1.54) is 24.2 Å². The highest BCUT2D eigenvalue weighted by Crippen LogP contribution is 2.54. The van der Waals surface area contributed by atoms with Gasteiger partial charge in [0.1, 0.15) is 5.66 Å². The van der Waals surface area contributed by atoms with Crippen molar-refractivity contribution >= 4 is 52.4 Å². The fourth-order valence-corrected chi connectivity index (χ4v) is 5.37. The Bertz CT molecular complexity index is 1160. The number of fused-ring (bicyclic) bond motifs is 1. The summed E-state index contributed by atoms with van der Waals surface area (Å²) in [6.07, 6.45) is 2.96. The Morgan fingerprint density at radius 2 is 2.11 bits per heavy atom. The first kappa shape index (κ1) is 20.3. The zero-order valence-corrected chi connectivity index (χ0v) is 17.3. The standard InChI is InChI=1S/C20H16ClN2O3PS/c1-27(25,26)19(17-12-28-18-7-6-15(21)10-16(17)18)20(24)23-9-8-13-4-2-3-5-14(13)11-22/h2-10,12,19H,1H3,(H,23,24)(H,25,26). The summed E-state index contributed by atoms with van der Waals surface area (Å²) in [4.78, 5) is 23.0. The molecule has 2 N–H and O–H groups in total. The van der Waals surface area contributed by atoms with Crippen molar-refractivity contribution in [1.82, 2.24) is 5.32 Å². The molecule has 142 valence electrons. The number of benzene rings is 2. The molecule has 2 aromatic carbocycles. The van der Waals surface area contributed by atoms with E-state index in [1.54, 1.807) is 47.9 Å². The smallest absolute Gasteiger partial charge is 0.241 e. The first-order valence-corrected chi connectivity index (χ1v) is 11.7. The van der Waals surface area contributed by atoms with E-state index in [-0.39, 0.29) is 0 Å². The highest BCUT2D eigenvalue weighted by molar-refractivity contribution is 7.58. The number of rotatable bonds is 5. The van der Waals surface area contributed by atoms with Gasteiger partial charge in [-0.25, -0.2) is 0 Å². The maximum Gasteiger partial charge on any atom is 0.241 e. The molecule has 1 aromatic heterocycles. The van der Waals surface area contributed by atoms with Crippen LogP contribution in [0.2, 0.25) is 5.02 Å². The average molecular weight is 431 g/mol. The summed E-state index contributed by atoms with van der Waals surface area (Å²) in [5, 5.41) is 14.6. The zero-order valence-electron chi connectivity index (χ0n) is 14.8. The number of carbonyl (C=O) groups is 1. The lowest BCUT2D eigenvalue weighted by Gasteiger charge is -2.18. The Labute approximate surface area is 171 Å². The number of nitrogens with one attached hydrogen (secondary N) is 1. The predicted octanol–water partition coefficient (Wildman–Crippen LogP) is 5.15. The molecule has 28 heavy (non-hydrogen) atoms. The molecule has 0 aliphatic carbocycles. The summed E-state index contributed by atoms with van der Waals surface area (Å²) in [6, 6.07) is 14.2. The van der Waals surface area contributed by atoms with Crippen molar-refractivity contribution in [3.8, 4) is 6.07 Å². The molecule has 0 saturated heterocycles. The average Bonchev–Trinajstić information content (AvgIpc) is 3.03. The summed E-state index contributed by atoms with van der Waals surface area (Å²) in [7, 11) is -3.80. The van der Waals surface area contributed by atoms with Crippen LogP contribution in [-0.4, -0.2) is 17.5 Å². The molecule has 0 bridgehead atoms. The molecule has 0 radical (unpaired) electrons. The van der Waals surface area contributed by atoms with E-state index >= 15 is 0 Å². The number of carbonyl (C=O) groups excluding carboxylic acids is 1. The lowest BCUT2D eigenvalue weighted by Crippen LogP contribution is -2.25. The largest absolute Gasteiger partial charge is 0.344 e. The van der Waals surface area contributed by atoms with Crippen LogP contribution < -0.4 is 5.32 Å². The van der Waals surface area contributed by atoms with Gasteiger partial charge in [0.15, 0.2) is 0 Å². The monoisotopic (exact) mass is 430 g/mol. The van der Waals surface area contributed by atoms with E-state index in [1.807, 2.05) is 6.07 Å². The van der Waals surface area contributed by atoms with Crippen molar-refractivity contribution < 1.29 is 14.3 Å². The topological polar surface area (TPSA) is 90.2 Å². The van der Waals surface area contributed by atoms with E-state index < -0.39 is 18.9 Å². The van der Waals surface area contributed by atoms with Crippen molar-refractivity contribution in [1.29, 1.82) is 5.26 Å². The van der Waals surface area contributed by atoms with Gasteiger partial charge in [-0.2, -0.15) is 5.26 Å². The number of nitriles is 1. The maximum absolute atomic E-state index is 12.8. The molecule has 0 aliphatic rings. The highest BCUT2D eigenvalue weighted by Gasteiger charge is 2.36. The maximum atomic E-state index is 12.8. The SMILES string of the molecule is CP(=O)(O)C(C(=O)NC=Cc1ccccc1C#N)c1csc2ccc(Cl)cc12. The first-order valence-electron chi connectivity index (χ1n) is 8.24. The van der Waals surface area contributed by atoms with Crippen LogP contribution in [0.5, 0.6) is 0 Å². The number of nitrogens with zero attached hydrogens (tertiary/aromatic N) is 1. The summed E-state index contributed by atoms with van der Waals surface area (Å²) >= 11 is 7.45. The van der Waals surface area contributed by atoms with Gasteiger partial charge in [0.2, 0.25) is 13.3 Å². The molecular formula is C20H16ClN2O3PS. The van der Waals surface area contributed by atoms with Crippen LogP contribution in [0, 0.1) is 11.3 Å². The Morgan fingerprint density at radius 3 is 2.82 bits per heavy atom. The van der Waals surface area contributed by atoms with Gasteiger partial charge in [-0.3, -0.25) is 9.36 Å². The molecule has 0 aliphatic heterocycles. The molecule has 2 atom stereocenters. The lowest BCUT2D eigenvalue weighted by atomic mass is 10.1. The first-order chi connectivity index (χ1) is 13.3. The van der Waals surface area contributed by atoms with Gasteiger partial charge in [0.25, 0.3) is 0 Å². The minimum absolute atomic E-state index is 0.464. The van der Waals surface area contributed by atoms with E-state index in [2.05, 4.69) is 11.4 Å². The minimum atomic E-state index is -3.80. The number of thiophene rings is 1. The molecule has 0 spiro atoms. The molecule has 8 heteroatoms. The summed E-state index contributed by atoms with van der Waals surface area (Å²) in [5.41, 5.74) is 0.347. The van der Waals surface area contributed by atoms with Gasteiger partial charge in [-0.1, -0.05) is 29.8 Å². The fraction of sp³-hybridized carbons (Fsp3) is 0.100. The summed E-state index contributed by atoms with van der Waals surface area (Å²) in [5.74, 6) is -0.598. The molecule has 2 unspecified atom stereocenters.